The summed E-state index contributed by atoms with van der Waals surface area (Å²) >= 11 is 0. The molecule has 2 amide bonds. The lowest BCUT2D eigenvalue weighted by Gasteiger charge is -2.28. The molecule has 0 saturated carbocycles. The summed E-state index contributed by atoms with van der Waals surface area (Å²) in [6.07, 6.45) is 2.91. The summed E-state index contributed by atoms with van der Waals surface area (Å²) < 4.78 is 5.58. The minimum atomic E-state index is -0.884. The number of hydrogen-bond donors (Lipinski definition) is 3. The number of aliphatic carboxylic acids is 1. The zero-order chi connectivity index (χ0) is 15.2. The number of hydrogen-bond acceptors (Lipinski definition) is 3. The molecule has 1 rings (SSSR count). The summed E-state index contributed by atoms with van der Waals surface area (Å²) in [5.74, 6) is -0.867. The first-order chi connectivity index (χ1) is 9.37. The predicted molar refractivity (Wildman–Crippen MR) is 75.6 cm³/mol. The standard InChI is InChI=1S/C14H26N2O4/c1-4-14(5-2,11(17)18)10-16-12(19)15-9-13(3)7-6-8-20-13/h4-10H2,1-3H3,(H,17,18)(H2,15,16,19). The number of amides is 2. The van der Waals surface area contributed by atoms with E-state index in [2.05, 4.69) is 10.6 Å². The van der Waals surface area contributed by atoms with Gasteiger partial charge in [0.15, 0.2) is 0 Å². The van der Waals surface area contributed by atoms with Gasteiger partial charge in [0.2, 0.25) is 0 Å². The van der Waals surface area contributed by atoms with Crippen LogP contribution in [0.1, 0.15) is 46.5 Å². The molecule has 0 aromatic carbocycles. The van der Waals surface area contributed by atoms with Gasteiger partial charge in [0.1, 0.15) is 0 Å². The van der Waals surface area contributed by atoms with Crippen molar-refractivity contribution in [3.8, 4) is 0 Å². The van der Waals surface area contributed by atoms with Gasteiger partial charge in [-0.3, -0.25) is 4.79 Å². The molecule has 1 aliphatic heterocycles. The van der Waals surface area contributed by atoms with Crippen molar-refractivity contribution in [3.63, 3.8) is 0 Å². The Balaban J connectivity index is 2.40. The second kappa shape index (κ2) is 6.92. The summed E-state index contributed by atoms with van der Waals surface area (Å²) in [4.78, 5) is 23.1. The van der Waals surface area contributed by atoms with E-state index in [1.807, 2.05) is 20.8 Å². The highest BCUT2D eigenvalue weighted by Crippen LogP contribution is 2.26. The fourth-order valence-electron chi connectivity index (χ4n) is 2.43. The van der Waals surface area contributed by atoms with Crippen molar-refractivity contribution < 1.29 is 19.4 Å². The summed E-state index contributed by atoms with van der Waals surface area (Å²) in [6.45, 7) is 6.93. The highest BCUT2D eigenvalue weighted by molar-refractivity contribution is 5.78. The topological polar surface area (TPSA) is 87.7 Å². The maximum atomic E-state index is 11.8. The number of carbonyl (C=O) groups is 2. The van der Waals surface area contributed by atoms with Crippen molar-refractivity contribution in [2.24, 2.45) is 5.41 Å². The van der Waals surface area contributed by atoms with Crippen LogP contribution in [0.4, 0.5) is 4.79 Å². The lowest BCUT2D eigenvalue weighted by Crippen LogP contribution is -2.49. The molecule has 1 atom stereocenters. The smallest absolute Gasteiger partial charge is 0.314 e. The Hall–Kier alpha value is -1.30. The van der Waals surface area contributed by atoms with Crippen LogP contribution >= 0.6 is 0 Å². The fraction of sp³-hybridized carbons (Fsp3) is 0.857. The average Bonchev–Trinajstić information content (AvgIpc) is 2.85. The van der Waals surface area contributed by atoms with Crippen LogP contribution in [0.2, 0.25) is 0 Å². The number of carboxylic acid groups (broad SMARTS) is 1. The first-order valence-corrected chi connectivity index (χ1v) is 7.26. The number of nitrogens with one attached hydrogen (secondary N) is 2. The number of urea groups is 1. The molecule has 1 aliphatic rings. The maximum Gasteiger partial charge on any atom is 0.314 e. The summed E-state index contributed by atoms with van der Waals surface area (Å²) in [5.41, 5.74) is -1.18. The molecule has 0 radical (unpaired) electrons. The van der Waals surface area contributed by atoms with E-state index < -0.39 is 11.4 Å². The van der Waals surface area contributed by atoms with Crippen molar-refractivity contribution in [2.45, 2.75) is 52.1 Å². The van der Waals surface area contributed by atoms with E-state index in [1.165, 1.54) is 0 Å². The van der Waals surface area contributed by atoms with Gasteiger partial charge in [-0.05, 0) is 32.6 Å². The monoisotopic (exact) mass is 286 g/mol. The van der Waals surface area contributed by atoms with Crippen molar-refractivity contribution in [1.82, 2.24) is 10.6 Å². The third-order valence-electron chi connectivity index (χ3n) is 4.32. The van der Waals surface area contributed by atoms with E-state index in [9.17, 15) is 14.7 Å². The SMILES string of the molecule is CCC(CC)(CNC(=O)NCC1(C)CCCO1)C(=O)O. The van der Waals surface area contributed by atoms with Gasteiger partial charge in [-0.2, -0.15) is 0 Å². The first kappa shape index (κ1) is 16.8. The van der Waals surface area contributed by atoms with E-state index in [0.29, 0.717) is 19.4 Å². The molecular formula is C14H26N2O4. The van der Waals surface area contributed by atoms with Gasteiger partial charge < -0.3 is 20.5 Å². The summed E-state index contributed by atoms with van der Waals surface area (Å²) in [5, 5.41) is 14.7. The molecule has 1 fully saturated rings. The molecule has 1 saturated heterocycles. The molecule has 1 heterocycles. The predicted octanol–water partition coefficient (Wildman–Crippen LogP) is 1.75. The molecule has 6 nitrogen and oxygen atoms in total. The Labute approximate surface area is 120 Å². The molecule has 0 aromatic heterocycles. The van der Waals surface area contributed by atoms with Crippen molar-refractivity contribution in [2.75, 3.05) is 19.7 Å². The van der Waals surface area contributed by atoms with Crippen LogP contribution in [0.5, 0.6) is 0 Å². The molecule has 3 N–H and O–H groups in total. The number of carboxylic acids is 1. The van der Waals surface area contributed by atoms with Crippen molar-refractivity contribution in [1.29, 1.82) is 0 Å². The molecule has 20 heavy (non-hydrogen) atoms. The van der Waals surface area contributed by atoms with Gasteiger partial charge in [0.25, 0.3) is 0 Å². The van der Waals surface area contributed by atoms with E-state index >= 15 is 0 Å². The van der Waals surface area contributed by atoms with Crippen LogP contribution in [-0.4, -0.2) is 42.4 Å². The van der Waals surface area contributed by atoms with Crippen LogP contribution in [0.25, 0.3) is 0 Å². The van der Waals surface area contributed by atoms with Crippen LogP contribution in [0.3, 0.4) is 0 Å². The van der Waals surface area contributed by atoms with E-state index in [0.717, 1.165) is 19.4 Å². The number of carbonyl (C=O) groups excluding carboxylic acids is 1. The molecule has 0 aromatic rings. The molecule has 0 bridgehead atoms. The number of ether oxygens (including phenoxy) is 1. The average molecular weight is 286 g/mol. The molecular weight excluding hydrogens is 260 g/mol. The molecule has 6 heteroatoms. The lowest BCUT2D eigenvalue weighted by molar-refractivity contribution is -0.149. The summed E-state index contributed by atoms with van der Waals surface area (Å²) in [6, 6.07) is -0.339. The van der Waals surface area contributed by atoms with Crippen LogP contribution in [0, 0.1) is 5.41 Å². The van der Waals surface area contributed by atoms with E-state index in [-0.39, 0.29) is 18.2 Å². The van der Waals surface area contributed by atoms with Crippen molar-refractivity contribution in [3.05, 3.63) is 0 Å². The normalized spacial score (nSPS) is 22.6. The summed E-state index contributed by atoms with van der Waals surface area (Å²) in [7, 11) is 0. The van der Waals surface area contributed by atoms with Gasteiger partial charge in [0.05, 0.1) is 11.0 Å². The van der Waals surface area contributed by atoms with Gasteiger partial charge >= 0.3 is 12.0 Å². The van der Waals surface area contributed by atoms with Crippen LogP contribution in [-0.2, 0) is 9.53 Å². The highest BCUT2D eigenvalue weighted by atomic mass is 16.5. The molecule has 1 unspecified atom stereocenters. The minimum Gasteiger partial charge on any atom is -0.481 e. The van der Waals surface area contributed by atoms with Crippen LogP contribution in [0.15, 0.2) is 0 Å². The molecule has 0 aliphatic carbocycles. The highest BCUT2D eigenvalue weighted by Gasteiger charge is 2.35. The third kappa shape index (κ3) is 4.10. The third-order valence-corrected chi connectivity index (χ3v) is 4.32. The number of rotatable bonds is 7. The molecule has 0 spiro atoms. The largest absolute Gasteiger partial charge is 0.481 e. The fourth-order valence-corrected chi connectivity index (χ4v) is 2.43. The Bertz CT molecular complexity index is 347. The Morgan fingerprint density at radius 1 is 1.30 bits per heavy atom. The maximum absolute atomic E-state index is 11.8. The molecule has 116 valence electrons. The van der Waals surface area contributed by atoms with Gasteiger partial charge in [-0.25, -0.2) is 4.79 Å². The van der Waals surface area contributed by atoms with Gasteiger partial charge in [-0.1, -0.05) is 13.8 Å². The van der Waals surface area contributed by atoms with Gasteiger partial charge in [0, 0.05) is 19.7 Å². The second-order valence-electron chi connectivity index (χ2n) is 5.73. The van der Waals surface area contributed by atoms with Crippen LogP contribution < -0.4 is 10.6 Å². The minimum absolute atomic E-state index is 0.138. The second-order valence-corrected chi connectivity index (χ2v) is 5.73. The Morgan fingerprint density at radius 3 is 2.40 bits per heavy atom. The lowest BCUT2D eigenvalue weighted by atomic mass is 9.82. The first-order valence-electron chi connectivity index (χ1n) is 7.26. The van der Waals surface area contributed by atoms with Gasteiger partial charge in [-0.15, -0.1) is 0 Å². The quantitative estimate of drug-likeness (QED) is 0.665. The van der Waals surface area contributed by atoms with E-state index in [1.54, 1.807) is 0 Å². The van der Waals surface area contributed by atoms with Crippen molar-refractivity contribution >= 4 is 12.0 Å². The zero-order valence-corrected chi connectivity index (χ0v) is 12.6. The Kier molecular flexibility index (Phi) is 5.80. The Morgan fingerprint density at radius 2 is 1.95 bits per heavy atom. The van der Waals surface area contributed by atoms with E-state index in [4.69, 9.17) is 4.74 Å². The zero-order valence-electron chi connectivity index (χ0n) is 12.6.